The second kappa shape index (κ2) is 5.77. The average Bonchev–Trinajstić information content (AvgIpc) is 2.63. The lowest BCUT2D eigenvalue weighted by atomic mass is 10.1. The summed E-state index contributed by atoms with van der Waals surface area (Å²) in [5, 5.41) is 0. The highest BCUT2D eigenvalue weighted by molar-refractivity contribution is 6.13. The second-order valence-corrected chi connectivity index (χ2v) is 5.34. The van der Waals surface area contributed by atoms with Crippen LogP contribution in [0.25, 0.3) is 0 Å². The van der Waals surface area contributed by atoms with Crippen LogP contribution < -0.4 is 15.5 Å². The van der Waals surface area contributed by atoms with E-state index < -0.39 is 0 Å². The van der Waals surface area contributed by atoms with Crippen molar-refractivity contribution in [3.8, 4) is 0 Å². The monoisotopic (exact) mass is 296 g/mol. The molecule has 5 heteroatoms. The molecule has 0 aliphatic carbocycles. The molecule has 3 rings (SSSR count). The molecule has 5 nitrogen and oxygen atoms in total. The van der Waals surface area contributed by atoms with E-state index in [0.29, 0.717) is 17.9 Å². The Labute approximate surface area is 130 Å². The summed E-state index contributed by atoms with van der Waals surface area (Å²) in [6.07, 6.45) is 2.52. The van der Waals surface area contributed by atoms with E-state index in [0.717, 1.165) is 29.9 Å². The molecule has 2 heterocycles. The van der Waals surface area contributed by atoms with Crippen LogP contribution >= 0.6 is 0 Å². The maximum atomic E-state index is 12.8. The fraction of sp³-hybridized carbons (Fsp3) is 0.294. The number of aromatic nitrogens is 1. The smallest absolute Gasteiger partial charge is 0.261 e. The molecule has 1 aliphatic heterocycles. The topological polar surface area (TPSA) is 62.5 Å². The Kier molecular flexibility index (Phi) is 3.81. The van der Waals surface area contributed by atoms with Crippen LogP contribution in [0.3, 0.4) is 0 Å². The van der Waals surface area contributed by atoms with Crippen LogP contribution in [0.1, 0.15) is 22.8 Å². The fourth-order valence-corrected chi connectivity index (χ4v) is 2.89. The van der Waals surface area contributed by atoms with Gasteiger partial charge in [-0.2, -0.15) is 0 Å². The predicted molar refractivity (Wildman–Crippen MR) is 88.9 cm³/mol. The van der Waals surface area contributed by atoms with Gasteiger partial charge in [0.15, 0.2) is 0 Å². The van der Waals surface area contributed by atoms with Crippen molar-refractivity contribution >= 4 is 23.1 Å². The van der Waals surface area contributed by atoms with Gasteiger partial charge in [0.2, 0.25) is 0 Å². The molecule has 0 unspecified atom stereocenters. The van der Waals surface area contributed by atoms with E-state index in [2.05, 4.69) is 35.0 Å². The number of rotatable bonds is 3. The van der Waals surface area contributed by atoms with Crippen LogP contribution in [0.2, 0.25) is 0 Å². The minimum absolute atomic E-state index is 0.0369. The molecule has 1 aromatic carbocycles. The van der Waals surface area contributed by atoms with Crippen LogP contribution in [0.5, 0.6) is 0 Å². The number of nitrogens with two attached hydrogens (primary N) is 1. The summed E-state index contributed by atoms with van der Waals surface area (Å²) in [4.78, 5) is 21.0. The summed E-state index contributed by atoms with van der Waals surface area (Å²) >= 11 is 0. The number of benzene rings is 1. The molecular formula is C17H20N4O. The number of nitrogens with zero attached hydrogens (tertiary/aromatic N) is 3. The van der Waals surface area contributed by atoms with Crippen LogP contribution in [-0.2, 0) is 6.42 Å². The normalized spacial score (nSPS) is 13.7. The molecule has 1 aliphatic rings. The highest BCUT2D eigenvalue weighted by atomic mass is 16.2. The van der Waals surface area contributed by atoms with Gasteiger partial charge in [0.1, 0.15) is 5.82 Å². The molecule has 0 radical (unpaired) electrons. The summed E-state index contributed by atoms with van der Waals surface area (Å²) in [5.41, 5.74) is 9.31. The number of amides is 1. The van der Waals surface area contributed by atoms with Crippen LogP contribution in [0.15, 0.2) is 36.5 Å². The average molecular weight is 296 g/mol. The van der Waals surface area contributed by atoms with E-state index in [1.807, 2.05) is 13.1 Å². The molecule has 0 bridgehead atoms. The van der Waals surface area contributed by atoms with Gasteiger partial charge in [-0.15, -0.1) is 0 Å². The molecule has 0 fully saturated rings. The maximum Gasteiger partial charge on any atom is 0.261 e. The van der Waals surface area contributed by atoms with Gasteiger partial charge in [-0.25, -0.2) is 4.98 Å². The Morgan fingerprint density at radius 2 is 2.05 bits per heavy atom. The van der Waals surface area contributed by atoms with Crippen LogP contribution in [-0.4, -0.2) is 31.0 Å². The van der Waals surface area contributed by atoms with Gasteiger partial charge < -0.3 is 15.5 Å². The van der Waals surface area contributed by atoms with Crippen LogP contribution in [0.4, 0.5) is 17.2 Å². The summed E-state index contributed by atoms with van der Waals surface area (Å²) in [5.74, 6) is 0.678. The largest absolute Gasteiger partial charge is 0.330 e. The number of hydrogen-bond acceptors (Lipinski definition) is 4. The van der Waals surface area contributed by atoms with E-state index >= 15 is 0 Å². The van der Waals surface area contributed by atoms with Crippen molar-refractivity contribution in [2.45, 2.75) is 13.3 Å². The quantitative estimate of drug-likeness (QED) is 0.944. The van der Waals surface area contributed by atoms with E-state index in [4.69, 9.17) is 5.73 Å². The molecule has 0 atom stereocenters. The van der Waals surface area contributed by atoms with Gasteiger partial charge >= 0.3 is 0 Å². The third kappa shape index (κ3) is 2.23. The zero-order valence-corrected chi connectivity index (χ0v) is 12.9. The van der Waals surface area contributed by atoms with Gasteiger partial charge in [0, 0.05) is 19.8 Å². The Balaban J connectivity index is 2.22. The standard InChI is InChI=1S/C17H20N4O/c1-3-21-14-7-6-12(8-9-18)11-15(14)20(2)17(22)13-5-4-10-19-16(13)21/h4-7,10-11H,3,8-9,18H2,1-2H3. The van der Waals surface area contributed by atoms with Gasteiger partial charge in [-0.1, -0.05) is 6.07 Å². The molecule has 0 saturated heterocycles. The van der Waals surface area contributed by atoms with Crippen molar-refractivity contribution in [3.63, 3.8) is 0 Å². The van der Waals surface area contributed by atoms with Gasteiger partial charge in [-0.05, 0) is 49.7 Å². The lowest BCUT2D eigenvalue weighted by Gasteiger charge is -2.24. The third-order valence-corrected chi connectivity index (χ3v) is 4.02. The molecule has 0 saturated carbocycles. The number of carbonyl (C=O) groups excluding carboxylic acids is 1. The first kappa shape index (κ1) is 14.5. The van der Waals surface area contributed by atoms with Gasteiger partial charge in [0.25, 0.3) is 5.91 Å². The van der Waals surface area contributed by atoms with Crippen molar-refractivity contribution in [1.29, 1.82) is 0 Å². The van der Waals surface area contributed by atoms with E-state index in [9.17, 15) is 4.79 Å². The maximum absolute atomic E-state index is 12.8. The minimum atomic E-state index is -0.0369. The van der Waals surface area contributed by atoms with Crippen molar-refractivity contribution in [2.75, 3.05) is 29.9 Å². The molecule has 22 heavy (non-hydrogen) atoms. The molecule has 2 N–H and O–H groups in total. The lowest BCUT2D eigenvalue weighted by Crippen LogP contribution is -2.25. The number of fused-ring (bicyclic) bond motifs is 2. The molecule has 1 amide bonds. The van der Waals surface area contributed by atoms with Crippen molar-refractivity contribution < 1.29 is 4.79 Å². The highest BCUT2D eigenvalue weighted by Crippen LogP contribution is 2.39. The molecule has 1 aromatic heterocycles. The molecule has 114 valence electrons. The minimum Gasteiger partial charge on any atom is -0.330 e. The molecule has 0 spiro atoms. The predicted octanol–water partition coefficient (Wildman–Crippen LogP) is 2.33. The zero-order valence-electron chi connectivity index (χ0n) is 12.9. The van der Waals surface area contributed by atoms with Crippen LogP contribution in [0, 0.1) is 0 Å². The number of pyridine rings is 1. The first-order valence-corrected chi connectivity index (χ1v) is 7.51. The lowest BCUT2D eigenvalue weighted by molar-refractivity contribution is 0.0994. The van der Waals surface area contributed by atoms with Crippen molar-refractivity contribution in [2.24, 2.45) is 5.73 Å². The summed E-state index contributed by atoms with van der Waals surface area (Å²) in [7, 11) is 1.81. The highest BCUT2D eigenvalue weighted by Gasteiger charge is 2.29. The first-order valence-electron chi connectivity index (χ1n) is 7.51. The SMILES string of the molecule is CCN1c2ccc(CCN)cc2N(C)C(=O)c2cccnc21. The summed E-state index contributed by atoms with van der Waals surface area (Å²) in [6, 6.07) is 9.80. The Morgan fingerprint density at radius 1 is 1.23 bits per heavy atom. The van der Waals surface area contributed by atoms with Crippen molar-refractivity contribution in [3.05, 3.63) is 47.7 Å². The van der Waals surface area contributed by atoms with E-state index in [1.54, 1.807) is 17.2 Å². The number of anilines is 3. The zero-order chi connectivity index (χ0) is 15.7. The number of carbonyl (C=O) groups is 1. The fourth-order valence-electron chi connectivity index (χ4n) is 2.89. The first-order chi connectivity index (χ1) is 10.7. The second-order valence-electron chi connectivity index (χ2n) is 5.34. The van der Waals surface area contributed by atoms with Gasteiger partial charge in [0.05, 0.1) is 16.9 Å². The Hall–Kier alpha value is -2.40. The number of hydrogen-bond donors (Lipinski definition) is 1. The Bertz CT molecular complexity index is 714. The summed E-state index contributed by atoms with van der Waals surface area (Å²) in [6.45, 7) is 3.40. The third-order valence-electron chi connectivity index (χ3n) is 4.02. The molecular weight excluding hydrogens is 276 g/mol. The van der Waals surface area contributed by atoms with E-state index in [1.165, 1.54) is 0 Å². The van der Waals surface area contributed by atoms with Gasteiger partial charge in [-0.3, -0.25) is 4.79 Å². The Morgan fingerprint density at radius 3 is 2.77 bits per heavy atom. The molecule has 2 aromatic rings. The summed E-state index contributed by atoms with van der Waals surface area (Å²) < 4.78 is 0. The van der Waals surface area contributed by atoms with Crippen molar-refractivity contribution in [1.82, 2.24) is 4.98 Å². The van der Waals surface area contributed by atoms with E-state index in [-0.39, 0.29) is 5.91 Å².